The van der Waals surface area contributed by atoms with Gasteiger partial charge in [-0.05, 0) is 24.6 Å². The van der Waals surface area contributed by atoms with Crippen molar-refractivity contribution in [3.05, 3.63) is 71.3 Å². The number of carbonyl (C=O) groups excluding carboxylic acids is 4. The molecule has 0 spiro atoms. The largest absolute Gasteiger partial charge is 0.464 e. The first kappa shape index (κ1) is 19.8. The summed E-state index contributed by atoms with van der Waals surface area (Å²) in [6.07, 6.45) is 0.100. The molecule has 0 aliphatic carbocycles. The second-order valence-corrected chi connectivity index (χ2v) is 7.51. The van der Waals surface area contributed by atoms with E-state index in [0.29, 0.717) is 17.7 Å². The van der Waals surface area contributed by atoms with Gasteiger partial charge in [-0.1, -0.05) is 42.5 Å². The van der Waals surface area contributed by atoms with Crippen molar-refractivity contribution in [2.45, 2.75) is 19.4 Å². The molecule has 1 fully saturated rings. The van der Waals surface area contributed by atoms with Crippen LogP contribution in [0.3, 0.4) is 0 Å². The zero-order valence-corrected chi connectivity index (χ0v) is 16.6. The van der Waals surface area contributed by atoms with Crippen molar-refractivity contribution >= 4 is 23.7 Å². The summed E-state index contributed by atoms with van der Waals surface area (Å²) >= 11 is 0. The fourth-order valence-corrected chi connectivity index (χ4v) is 3.97. The minimum absolute atomic E-state index is 0.0110. The van der Waals surface area contributed by atoms with Crippen LogP contribution in [0.5, 0.6) is 0 Å². The number of ether oxygens (including phenoxy) is 1. The van der Waals surface area contributed by atoms with Crippen LogP contribution in [0.2, 0.25) is 0 Å². The molecule has 2 atom stereocenters. The van der Waals surface area contributed by atoms with E-state index in [4.69, 9.17) is 4.74 Å². The Hall–Kier alpha value is -3.48. The molecule has 0 saturated carbocycles. The predicted octanol–water partition coefficient (Wildman–Crippen LogP) is 2.44. The van der Waals surface area contributed by atoms with Crippen LogP contribution in [0.1, 0.15) is 45.7 Å². The highest BCUT2D eigenvalue weighted by Crippen LogP contribution is 2.29. The molecule has 2 heterocycles. The van der Waals surface area contributed by atoms with Gasteiger partial charge in [-0.25, -0.2) is 0 Å². The highest BCUT2D eigenvalue weighted by atomic mass is 16.5. The fourth-order valence-electron chi connectivity index (χ4n) is 3.97. The van der Waals surface area contributed by atoms with Crippen LogP contribution in [0.4, 0.5) is 0 Å². The number of imide groups is 1. The van der Waals surface area contributed by atoms with Gasteiger partial charge in [0.1, 0.15) is 6.61 Å². The smallest absolute Gasteiger partial charge is 0.311 e. The van der Waals surface area contributed by atoms with Crippen molar-refractivity contribution < 1.29 is 23.9 Å². The average molecular weight is 406 g/mol. The first-order valence-corrected chi connectivity index (χ1v) is 9.93. The summed E-state index contributed by atoms with van der Waals surface area (Å²) in [4.78, 5) is 52.3. The van der Waals surface area contributed by atoms with E-state index >= 15 is 0 Å². The van der Waals surface area contributed by atoms with Crippen LogP contribution in [0.25, 0.3) is 0 Å². The molecule has 7 heteroatoms. The maximum absolute atomic E-state index is 12.5. The number of hydrogen-bond acceptors (Lipinski definition) is 5. The minimum Gasteiger partial charge on any atom is -0.464 e. The molecule has 30 heavy (non-hydrogen) atoms. The third-order valence-electron chi connectivity index (χ3n) is 5.68. The molecule has 1 saturated heterocycles. The lowest BCUT2D eigenvalue weighted by molar-refractivity contribution is -0.148. The summed E-state index contributed by atoms with van der Waals surface area (Å²) in [5, 5.41) is 0. The number of likely N-dealkylation sites (tertiary alicyclic amines) is 1. The normalized spacial score (nSPS) is 19.2. The summed E-state index contributed by atoms with van der Waals surface area (Å²) in [6, 6.07) is 16.1. The number of esters is 1. The summed E-state index contributed by atoms with van der Waals surface area (Å²) in [5.41, 5.74) is 1.73. The van der Waals surface area contributed by atoms with Crippen LogP contribution >= 0.6 is 0 Å². The van der Waals surface area contributed by atoms with E-state index in [1.54, 1.807) is 29.2 Å². The minimum atomic E-state index is -0.550. The molecule has 2 aromatic carbocycles. The Labute approximate surface area is 174 Å². The summed E-state index contributed by atoms with van der Waals surface area (Å²) in [6.45, 7) is 2.12. The lowest BCUT2D eigenvalue weighted by atomic mass is 10.1. The van der Waals surface area contributed by atoms with Crippen LogP contribution in [0.15, 0.2) is 54.6 Å². The summed E-state index contributed by atoms with van der Waals surface area (Å²) in [5.74, 6) is -1.89. The number of rotatable bonds is 6. The van der Waals surface area contributed by atoms with Gasteiger partial charge in [-0.3, -0.25) is 24.1 Å². The van der Waals surface area contributed by atoms with E-state index < -0.39 is 11.9 Å². The van der Waals surface area contributed by atoms with Gasteiger partial charge in [0.25, 0.3) is 11.8 Å². The summed E-state index contributed by atoms with van der Waals surface area (Å²) in [7, 11) is 0. The molecule has 2 aliphatic rings. The van der Waals surface area contributed by atoms with Gasteiger partial charge in [0.2, 0.25) is 5.91 Å². The Morgan fingerprint density at radius 3 is 2.23 bits per heavy atom. The van der Waals surface area contributed by atoms with Crippen LogP contribution in [-0.4, -0.2) is 53.2 Å². The topological polar surface area (TPSA) is 84.0 Å². The van der Waals surface area contributed by atoms with Crippen molar-refractivity contribution in [2.24, 2.45) is 5.92 Å². The maximum Gasteiger partial charge on any atom is 0.311 e. The quantitative estimate of drug-likeness (QED) is 0.543. The number of fused-ring (bicyclic) bond motifs is 1. The van der Waals surface area contributed by atoms with Gasteiger partial charge >= 0.3 is 5.97 Å². The molecule has 2 aromatic rings. The number of amides is 3. The fraction of sp³-hybridized carbons (Fsp3) is 0.304. The molecule has 3 amide bonds. The van der Waals surface area contributed by atoms with Gasteiger partial charge in [-0.2, -0.15) is 0 Å². The first-order valence-electron chi connectivity index (χ1n) is 9.93. The van der Waals surface area contributed by atoms with Gasteiger partial charge in [0.15, 0.2) is 0 Å². The summed E-state index contributed by atoms with van der Waals surface area (Å²) < 4.78 is 5.30. The maximum atomic E-state index is 12.5. The molecule has 0 radical (unpaired) electrons. The van der Waals surface area contributed by atoms with Crippen LogP contribution in [0, 0.1) is 5.92 Å². The van der Waals surface area contributed by atoms with E-state index in [0.717, 1.165) is 10.5 Å². The Kier molecular flexibility index (Phi) is 5.35. The number of carbonyl (C=O) groups is 4. The standard InChI is InChI=1S/C23H22N2O5/c1-15(16-7-3-2-4-8-16)25-14-17(13-20(25)26)23(29)30-12-11-24-21(27)18-9-5-6-10-19(18)22(24)28/h2-10,15,17H,11-14H2,1H3/t15-,17-/m1/s1. The number of hydrogen-bond donors (Lipinski definition) is 0. The van der Waals surface area contributed by atoms with Crippen molar-refractivity contribution in [2.75, 3.05) is 19.7 Å². The van der Waals surface area contributed by atoms with E-state index in [2.05, 4.69) is 0 Å². The highest BCUT2D eigenvalue weighted by Gasteiger charge is 2.39. The zero-order chi connectivity index (χ0) is 21.3. The first-order chi connectivity index (χ1) is 14.5. The third kappa shape index (κ3) is 3.58. The zero-order valence-electron chi connectivity index (χ0n) is 16.6. The van der Waals surface area contributed by atoms with E-state index in [1.165, 1.54) is 0 Å². The highest BCUT2D eigenvalue weighted by molar-refractivity contribution is 6.21. The molecule has 2 aliphatic heterocycles. The van der Waals surface area contributed by atoms with E-state index in [9.17, 15) is 19.2 Å². The van der Waals surface area contributed by atoms with Crippen molar-refractivity contribution in [1.82, 2.24) is 9.80 Å². The SMILES string of the molecule is C[C@H](c1ccccc1)N1C[C@H](C(=O)OCCN2C(=O)c3ccccc3C2=O)CC1=O. The predicted molar refractivity (Wildman–Crippen MR) is 107 cm³/mol. The second-order valence-electron chi connectivity index (χ2n) is 7.51. The van der Waals surface area contributed by atoms with Crippen molar-refractivity contribution in [3.8, 4) is 0 Å². The monoisotopic (exact) mass is 406 g/mol. The molecule has 154 valence electrons. The Morgan fingerprint density at radius 1 is 1.00 bits per heavy atom. The second kappa shape index (κ2) is 8.10. The average Bonchev–Trinajstić information content (AvgIpc) is 3.27. The lowest BCUT2D eigenvalue weighted by Crippen LogP contribution is -2.34. The molecule has 7 nitrogen and oxygen atoms in total. The lowest BCUT2D eigenvalue weighted by Gasteiger charge is -2.25. The van der Waals surface area contributed by atoms with Crippen molar-refractivity contribution in [3.63, 3.8) is 0 Å². The number of benzene rings is 2. The molecule has 0 N–H and O–H groups in total. The van der Waals surface area contributed by atoms with Crippen LogP contribution in [-0.2, 0) is 14.3 Å². The molecule has 0 unspecified atom stereocenters. The van der Waals surface area contributed by atoms with Gasteiger partial charge in [0.05, 0.1) is 29.6 Å². The van der Waals surface area contributed by atoms with Crippen molar-refractivity contribution in [1.29, 1.82) is 0 Å². The van der Waals surface area contributed by atoms with Gasteiger partial charge in [0, 0.05) is 13.0 Å². The molecular formula is C23H22N2O5. The van der Waals surface area contributed by atoms with Gasteiger partial charge < -0.3 is 9.64 Å². The Morgan fingerprint density at radius 2 is 1.60 bits per heavy atom. The molecular weight excluding hydrogens is 384 g/mol. The third-order valence-corrected chi connectivity index (χ3v) is 5.68. The van der Waals surface area contributed by atoms with Crippen LogP contribution < -0.4 is 0 Å². The molecule has 0 bridgehead atoms. The molecule has 0 aromatic heterocycles. The van der Waals surface area contributed by atoms with Gasteiger partial charge in [-0.15, -0.1) is 0 Å². The number of nitrogens with zero attached hydrogens (tertiary/aromatic N) is 2. The van der Waals surface area contributed by atoms with E-state index in [1.807, 2.05) is 37.3 Å². The Balaban J connectivity index is 1.31. The van der Waals surface area contributed by atoms with E-state index in [-0.39, 0.29) is 43.3 Å². The molecule has 4 rings (SSSR count). The Bertz CT molecular complexity index is 969.